The molecule has 2 aromatic carbocycles. The van der Waals surface area contributed by atoms with Crippen molar-refractivity contribution >= 4 is 28.3 Å². The van der Waals surface area contributed by atoms with E-state index in [1.165, 1.54) is 0 Å². The van der Waals surface area contributed by atoms with Gasteiger partial charge in [-0.3, -0.25) is 9.59 Å². The maximum Gasteiger partial charge on any atom is 0.416 e. The number of anilines is 1. The van der Waals surface area contributed by atoms with E-state index < -0.39 is 23.4 Å². The van der Waals surface area contributed by atoms with Gasteiger partial charge in [-0.25, -0.2) is 0 Å². The van der Waals surface area contributed by atoms with E-state index in [2.05, 4.69) is 5.32 Å². The van der Waals surface area contributed by atoms with Crippen LogP contribution in [0, 0.1) is 0 Å². The maximum atomic E-state index is 12.5. The van der Waals surface area contributed by atoms with Gasteiger partial charge in [0.15, 0.2) is 0 Å². The molecule has 0 radical (unpaired) electrons. The lowest BCUT2D eigenvalue weighted by atomic mass is 10.1. The van der Waals surface area contributed by atoms with Crippen molar-refractivity contribution in [2.24, 2.45) is 7.05 Å². The molecule has 0 bridgehead atoms. The molecule has 1 amide bonds. The largest absolute Gasteiger partial charge is 0.416 e. The third kappa shape index (κ3) is 3.26. The highest BCUT2D eigenvalue weighted by molar-refractivity contribution is 6.48. The molecule has 1 aromatic heterocycles. The Labute approximate surface area is 140 Å². The second-order valence-electron chi connectivity index (χ2n) is 5.53. The number of nitrogens with one attached hydrogen (secondary N) is 1. The Hall–Kier alpha value is -3.09. The number of nitrogens with zero attached hydrogens (tertiary/aromatic N) is 1. The van der Waals surface area contributed by atoms with Crippen molar-refractivity contribution in [2.75, 3.05) is 5.32 Å². The number of aromatic nitrogens is 1. The molecule has 0 aliphatic carbocycles. The van der Waals surface area contributed by atoms with Crippen molar-refractivity contribution < 1.29 is 22.8 Å². The van der Waals surface area contributed by atoms with E-state index in [9.17, 15) is 22.8 Å². The number of hydrogen-bond acceptors (Lipinski definition) is 2. The number of Topliss-reactive ketones (excluding diaryl/α,β-unsaturated/α-hetero) is 1. The third-order valence-electron chi connectivity index (χ3n) is 3.82. The summed E-state index contributed by atoms with van der Waals surface area (Å²) in [6.45, 7) is 0. The molecule has 0 atom stereocenters. The quantitative estimate of drug-likeness (QED) is 0.575. The molecule has 0 unspecified atom stereocenters. The predicted octanol–water partition coefficient (Wildman–Crippen LogP) is 4.02. The fourth-order valence-electron chi connectivity index (χ4n) is 2.58. The van der Waals surface area contributed by atoms with Crippen LogP contribution in [-0.2, 0) is 18.0 Å². The predicted molar refractivity (Wildman–Crippen MR) is 87.3 cm³/mol. The van der Waals surface area contributed by atoms with Crippen LogP contribution in [-0.4, -0.2) is 16.3 Å². The van der Waals surface area contributed by atoms with Gasteiger partial charge < -0.3 is 9.88 Å². The minimum Gasteiger partial charge on any atom is -0.350 e. The van der Waals surface area contributed by atoms with E-state index in [0.717, 1.165) is 29.8 Å². The molecule has 128 valence electrons. The molecule has 0 saturated heterocycles. The molecule has 0 aliphatic rings. The first kappa shape index (κ1) is 16.8. The van der Waals surface area contributed by atoms with Crippen LogP contribution >= 0.6 is 0 Å². The number of aryl methyl sites for hydroxylation is 1. The number of benzene rings is 2. The summed E-state index contributed by atoms with van der Waals surface area (Å²) in [5.41, 5.74) is 0.327. The van der Waals surface area contributed by atoms with E-state index in [1.54, 1.807) is 29.9 Å². The van der Waals surface area contributed by atoms with Crippen LogP contribution in [0.4, 0.5) is 18.9 Å². The molecule has 0 saturated carbocycles. The molecular formula is C18H13F3N2O2. The van der Waals surface area contributed by atoms with Crippen molar-refractivity contribution in [1.29, 1.82) is 0 Å². The van der Waals surface area contributed by atoms with Gasteiger partial charge in [0.2, 0.25) is 0 Å². The minimum absolute atomic E-state index is 0.117. The third-order valence-corrected chi connectivity index (χ3v) is 3.82. The fraction of sp³-hybridized carbons (Fsp3) is 0.111. The van der Waals surface area contributed by atoms with Gasteiger partial charge in [0, 0.05) is 29.8 Å². The summed E-state index contributed by atoms with van der Waals surface area (Å²) < 4.78 is 39.3. The summed E-state index contributed by atoms with van der Waals surface area (Å²) in [6, 6.07) is 11.0. The Morgan fingerprint density at radius 3 is 2.28 bits per heavy atom. The van der Waals surface area contributed by atoms with Crippen LogP contribution < -0.4 is 5.32 Å². The van der Waals surface area contributed by atoms with E-state index in [-0.39, 0.29) is 11.3 Å². The molecule has 0 spiro atoms. The summed E-state index contributed by atoms with van der Waals surface area (Å²) in [7, 11) is 1.76. The maximum absolute atomic E-state index is 12.5. The lowest BCUT2D eigenvalue weighted by molar-refractivity contribution is -0.137. The number of carbonyl (C=O) groups is 2. The first-order chi connectivity index (χ1) is 11.8. The number of carbonyl (C=O) groups excluding carboxylic acids is 2. The van der Waals surface area contributed by atoms with Gasteiger partial charge in [-0.2, -0.15) is 13.2 Å². The number of fused-ring (bicyclic) bond motifs is 1. The molecular weight excluding hydrogens is 333 g/mol. The second-order valence-corrected chi connectivity index (χ2v) is 5.53. The average molecular weight is 346 g/mol. The highest BCUT2D eigenvalue weighted by Gasteiger charge is 2.30. The van der Waals surface area contributed by atoms with E-state index in [0.29, 0.717) is 5.39 Å². The molecule has 1 heterocycles. The SMILES string of the molecule is Cn1cc(C(=O)C(=O)Nc2ccc(C(F)(F)F)cc2)c2ccccc21. The highest BCUT2D eigenvalue weighted by atomic mass is 19.4. The second kappa shape index (κ2) is 6.08. The molecule has 0 fully saturated rings. The zero-order chi connectivity index (χ0) is 18.2. The van der Waals surface area contributed by atoms with Crippen LogP contribution in [0.2, 0.25) is 0 Å². The van der Waals surface area contributed by atoms with Crippen molar-refractivity contribution in [3.8, 4) is 0 Å². The van der Waals surface area contributed by atoms with Crippen molar-refractivity contribution in [3.05, 3.63) is 65.9 Å². The van der Waals surface area contributed by atoms with Crippen LogP contribution in [0.3, 0.4) is 0 Å². The molecule has 25 heavy (non-hydrogen) atoms. The number of para-hydroxylation sites is 1. The van der Waals surface area contributed by atoms with Crippen LogP contribution in [0.25, 0.3) is 10.9 Å². The number of hydrogen-bond donors (Lipinski definition) is 1. The lowest BCUT2D eigenvalue weighted by Gasteiger charge is -2.08. The summed E-state index contributed by atoms with van der Waals surface area (Å²) in [5, 5.41) is 2.96. The first-order valence-corrected chi connectivity index (χ1v) is 7.34. The number of amides is 1. The number of alkyl halides is 3. The Balaban J connectivity index is 1.82. The van der Waals surface area contributed by atoms with Crippen molar-refractivity contribution in [1.82, 2.24) is 4.57 Å². The van der Waals surface area contributed by atoms with Gasteiger partial charge in [-0.1, -0.05) is 18.2 Å². The standard InChI is InChI=1S/C18H13F3N2O2/c1-23-10-14(13-4-2-3-5-15(13)23)16(24)17(25)22-12-8-6-11(7-9-12)18(19,20)21/h2-10H,1H3,(H,22,25). The molecule has 4 nitrogen and oxygen atoms in total. The Morgan fingerprint density at radius 2 is 1.64 bits per heavy atom. The number of rotatable bonds is 3. The normalized spacial score (nSPS) is 11.5. The first-order valence-electron chi connectivity index (χ1n) is 7.34. The lowest BCUT2D eigenvalue weighted by Crippen LogP contribution is -2.22. The van der Waals surface area contributed by atoms with Gasteiger partial charge >= 0.3 is 6.18 Å². The van der Waals surface area contributed by atoms with Crippen molar-refractivity contribution in [2.45, 2.75) is 6.18 Å². The Morgan fingerprint density at radius 1 is 1.00 bits per heavy atom. The summed E-state index contributed by atoms with van der Waals surface area (Å²) in [5.74, 6) is -1.66. The zero-order valence-corrected chi connectivity index (χ0v) is 13.1. The van der Waals surface area contributed by atoms with E-state index in [1.807, 2.05) is 12.1 Å². The van der Waals surface area contributed by atoms with Gasteiger partial charge in [0.1, 0.15) is 0 Å². The van der Waals surface area contributed by atoms with Gasteiger partial charge in [0.25, 0.3) is 11.7 Å². The van der Waals surface area contributed by atoms with Crippen LogP contribution in [0.1, 0.15) is 15.9 Å². The highest BCUT2D eigenvalue weighted by Crippen LogP contribution is 2.30. The molecule has 7 heteroatoms. The van der Waals surface area contributed by atoms with Crippen LogP contribution in [0.15, 0.2) is 54.7 Å². The van der Waals surface area contributed by atoms with E-state index >= 15 is 0 Å². The fourth-order valence-corrected chi connectivity index (χ4v) is 2.58. The molecule has 3 rings (SSSR count). The molecule has 1 N–H and O–H groups in total. The van der Waals surface area contributed by atoms with Gasteiger partial charge in [-0.15, -0.1) is 0 Å². The number of halogens is 3. The summed E-state index contributed by atoms with van der Waals surface area (Å²) in [4.78, 5) is 24.6. The smallest absolute Gasteiger partial charge is 0.350 e. The monoisotopic (exact) mass is 346 g/mol. The van der Waals surface area contributed by atoms with E-state index in [4.69, 9.17) is 0 Å². The average Bonchev–Trinajstić information content (AvgIpc) is 2.91. The zero-order valence-electron chi connectivity index (χ0n) is 13.1. The molecule has 0 aliphatic heterocycles. The number of ketones is 1. The van der Waals surface area contributed by atoms with Gasteiger partial charge in [-0.05, 0) is 30.3 Å². The van der Waals surface area contributed by atoms with Crippen molar-refractivity contribution in [3.63, 3.8) is 0 Å². The molecule has 3 aromatic rings. The summed E-state index contributed by atoms with van der Waals surface area (Å²) >= 11 is 0. The summed E-state index contributed by atoms with van der Waals surface area (Å²) in [6.07, 6.45) is -2.90. The Bertz CT molecular complexity index is 957. The van der Waals surface area contributed by atoms with Crippen LogP contribution in [0.5, 0.6) is 0 Å². The Kier molecular flexibility index (Phi) is 4.08. The minimum atomic E-state index is -4.46. The topological polar surface area (TPSA) is 51.1 Å². The van der Waals surface area contributed by atoms with Gasteiger partial charge in [0.05, 0.1) is 11.1 Å².